The van der Waals surface area contributed by atoms with Gasteiger partial charge in [0.15, 0.2) is 0 Å². The van der Waals surface area contributed by atoms with Crippen molar-refractivity contribution in [1.29, 1.82) is 0 Å². The van der Waals surface area contributed by atoms with Crippen LogP contribution in [0, 0.1) is 7.43 Å². The van der Waals surface area contributed by atoms with E-state index in [0.717, 1.165) is 0 Å². The molecule has 0 spiro atoms. The second-order valence-corrected chi connectivity index (χ2v) is 0.260. The molecule has 27 valence electrons. The van der Waals surface area contributed by atoms with Gasteiger partial charge in [-0.25, -0.2) is 0 Å². The molecule has 0 N–H and O–H groups in total. The van der Waals surface area contributed by atoms with Gasteiger partial charge in [-0.2, -0.15) is 0 Å². The van der Waals surface area contributed by atoms with Crippen molar-refractivity contribution in [3.63, 3.8) is 0 Å². The summed E-state index contributed by atoms with van der Waals surface area (Å²) < 4.78 is 16.8. The zero-order valence-corrected chi connectivity index (χ0v) is 3.37. The van der Waals surface area contributed by atoms with E-state index in [2.05, 4.69) is 0 Å². The first kappa shape index (κ1) is 8.92. The van der Waals surface area contributed by atoms with E-state index in [-0.39, 0.29) is 7.43 Å². The predicted octanol–water partition coefficient (Wildman–Crippen LogP) is 0.210. The quantitative estimate of drug-likeness (QED) is 0.323. The molecule has 2 nitrogen and oxygen atoms in total. The molecule has 3 heteroatoms. The molecule has 0 amide bonds. The van der Waals surface area contributed by atoms with Gasteiger partial charge >= 0.3 is 22.5 Å². The van der Waals surface area contributed by atoms with Gasteiger partial charge in [-0.05, 0) is 0 Å². The van der Waals surface area contributed by atoms with Crippen molar-refractivity contribution in [2.24, 2.45) is 0 Å². The topological polar surface area (TPSA) is 34.1 Å². The summed E-state index contributed by atoms with van der Waals surface area (Å²) in [6.07, 6.45) is 0. The Morgan fingerprint density at radius 1 is 1.25 bits per heavy atom. The van der Waals surface area contributed by atoms with Crippen molar-refractivity contribution in [3.05, 3.63) is 7.43 Å². The van der Waals surface area contributed by atoms with Gasteiger partial charge in [-0.1, -0.05) is 0 Å². The molecule has 0 saturated carbocycles. The molecule has 0 aliphatic heterocycles. The predicted molar refractivity (Wildman–Crippen MR) is 7.79 cm³/mol. The molecule has 0 fully saturated rings. The molecule has 0 bridgehead atoms. The molecule has 0 saturated heterocycles. The van der Waals surface area contributed by atoms with E-state index in [1.165, 1.54) is 0 Å². The van der Waals surface area contributed by atoms with E-state index in [1.54, 1.807) is 0 Å². The minimum atomic E-state index is -1.44. The fraction of sp³-hybridized carbons (Fsp3) is 0. The van der Waals surface area contributed by atoms with Crippen LogP contribution in [-0.2, 0) is 22.5 Å². The van der Waals surface area contributed by atoms with Gasteiger partial charge in [0.2, 0.25) is 0 Å². The molecule has 0 heterocycles. The number of rotatable bonds is 0. The Hall–Kier alpha value is 0.119. The molecular formula is CH3MnO2-. The standard InChI is InChI=1S/CH3.Mn.2O/h1H3;;;/q-1;;;. The first-order valence-electron chi connectivity index (χ1n) is 0.309. The molecule has 0 rings (SSSR count). The Morgan fingerprint density at radius 3 is 1.25 bits per heavy atom. The summed E-state index contributed by atoms with van der Waals surface area (Å²) in [6, 6.07) is 0. The molecule has 0 aromatic heterocycles. The molecule has 0 aromatic carbocycles. The van der Waals surface area contributed by atoms with Crippen LogP contribution in [0.5, 0.6) is 0 Å². The van der Waals surface area contributed by atoms with Gasteiger partial charge in [0.05, 0.1) is 0 Å². The molecule has 0 unspecified atom stereocenters. The van der Waals surface area contributed by atoms with Crippen LogP contribution in [-0.4, -0.2) is 0 Å². The van der Waals surface area contributed by atoms with Crippen LogP contribution in [0.4, 0.5) is 0 Å². The van der Waals surface area contributed by atoms with E-state index < -0.39 is 14.8 Å². The summed E-state index contributed by atoms with van der Waals surface area (Å²) in [7, 11) is 0. The summed E-state index contributed by atoms with van der Waals surface area (Å²) in [5.41, 5.74) is 0. The average molecular weight is 102 g/mol. The van der Waals surface area contributed by atoms with Gasteiger partial charge < -0.3 is 7.43 Å². The molecule has 0 aliphatic rings. The maximum absolute atomic E-state index is 8.41. The van der Waals surface area contributed by atoms with Crippen LogP contribution < -0.4 is 0 Å². The van der Waals surface area contributed by atoms with Crippen molar-refractivity contribution < 1.29 is 22.5 Å². The van der Waals surface area contributed by atoms with E-state index in [4.69, 9.17) is 7.67 Å². The van der Waals surface area contributed by atoms with Gasteiger partial charge in [0, 0.05) is 0 Å². The fourth-order valence-corrected chi connectivity index (χ4v) is 0. The molecule has 0 atom stereocenters. The van der Waals surface area contributed by atoms with Crippen LogP contribution in [0.1, 0.15) is 0 Å². The summed E-state index contributed by atoms with van der Waals surface area (Å²) in [6.45, 7) is 0. The second-order valence-electron chi connectivity index (χ2n) is 0.0630. The van der Waals surface area contributed by atoms with Gasteiger partial charge in [0.1, 0.15) is 0 Å². The first-order chi connectivity index (χ1) is 1.41. The van der Waals surface area contributed by atoms with E-state index in [0.29, 0.717) is 0 Å². The van der Waals surface area contributed by atoms with Crippen molar-refractivity contribution in [2.75, 3.05) is 0 Å². The van der Waals surface area contributed by atoms with E-state index >= 15 is 0 Å². The Bertz CT molecular complexity index is 27.0. The molecule has 0 aromatic rings. The minimum absolute atomic E-state index is 0. The molecule has 4 heavy (non-hydrogen) atoms. The van der Waals surface area contributed by atoms with Crippen molar-refractivity contribution >= 4 is 0 Å². The van der Waals surface area contributed by atoms with Crippen LogP contribution in [0.15, 0.2) is 0 Å². The third-order valence-corrected chi connectivity index (χ3v) is 0. The zero-order chi connectivity index (χ0) is 2.71. The fourth-order valence-electron chi connectivity index (χ4n) is 0. The van der Waals surface area contributed by atoms with E-state index in [9.17, 15) is 0 Å². The van der Waals surface area contributed by atoms with Crippen LogP contribution >= 0.6 is 0 Å². The van der Waals surface area contributed by atoms with Gasteiger partial charge in [-0.3, -0.25) is 0 Å². The summed E-state index contributed by atoms with van der Waals surface area (Å²) >= 11 is -1.44. The van der Waals surface area contributed by atoms with Crippen LogP contribution in [0.3, 0.4) is 0 Å². The third-order valence-electron chi connectivity index (χ3n) is 0. The van der Waals surface area contributed by atoms with Crippen LogP contribution in [0.2, 0.25) is 0 Å². The number of hydrogen-bond donors (Lipinski definition) is 0. The van der Waals surface area contributed by atoms with Gasteiger partial charge in [-0.15, -0.1) is 0 Å². The summed E-state index contributed by atoms with van der Waals surface area (Å²) in [4.78, 5) is 0. The van der Waals surface area contributed by atoms with Crippen LogP contribution in [0.25, 0.3) is 0 Å². The summed E-state index contributed by atoms with van der Waals surface area (Å²) in [5, 5.41) is 0. The van der Waals surface area contributed by atoms with Crippen molar-refractivity contribution in [1.82, 2.24) is 0 Å². The normalized spacial score (nSPS) is 3.00. The Balaban J connectivity index is 0. The van der Waals surface area contributed by atoms with E-state index in [1.807, 2.05) is 0 Å². The monoisotopic (exact) mass is 102 g/mol. The summed E-state index contributed by atoms with van der Waals surface area (Å²) in [5.74, 6) is 0. The third kappa shape index (κ3) is 186. The first-order valence-corrected chi connectivity index (χ1v) is 1.27. The molecule has 0 aliphatic carbocycles. The average Bonchev–Trinajstić information content (AvgIpc) is 0.918. The SMILES string of the molecule is [CH3-].[O]=[Mn]=[O]. The van der Waals surface area contributed by atoms with Crippen molar-refractivity contribution in [3.8, 4) is 0 Å². The number of hydrogen-bond acceptors (Lipinski definition) is 2. The second kappa shape index (κ2) is 11.2. The Kier molecular flexibility index (Phi) is 24.9. The van der Waals surface area contributed by atoms with Gasteiger partial charge in [0.25, 0.3) is 0 Å². The maximum atomic E-state index is 8.41. The molecule has 0 radical (unpaired) electrons. The zero-order valence-electron chi connectivity index (χ0n) is 2.19. The molecular weight excluding hydrogens is 98.9 g/mol. The Morgan fingerprint density at radius 2 is 1.25 bits per heavy atom. The Labute approximate surface area is 30.8 Å². The van der Waals surface area contributed by atoms with Crippen molar-refractivity contribution in [2.45, 2.75) is 0 Å².